The van der Waals surface area contributed by atoms with Crippen LogP contribution in [-0.4, -0.2) is 60.2 Å². The van der Waals surface area contributed by atoms with Gasteiger partial charge in [-0.25, -0.2) is 0 Å². The van der Waals surface area contributed by atoms with Gasteiger partial charge in [-0.3, -0.25) is 9.69 Å². The fourth-order valence-corrected chi connectivity index (χ4v) is 4.68. The summed E-state index contributed by atoms with van der Waals surface area (Å²) in [4.78, 5) is 22.8. The zero-order valence-electron chi connectivity index (χ0n) is 18.4. The number of hydrogen-bond acceptors (Lipinski definition) is 7. The van der Waals surface area contributed by atoms with E-state index in [2.05, 4.69) is 55.6 Å². The minimum Gasteiger partial charge on any atom is -0.369 e. The third kappa shape index (κ3) is 6.11. The number of benzene rings is 2. The van der Waals surface area contributed by atoms with Crippen LogP contribution in [0.15, 0.2) is 64.0 Å². The highest BCUT2D eigenvalue weighted by atomic mass is 32.2. The van der Waals surface area contributed by atoms with E-state index in [1.165, 1.54) is 5.69 Å². The largest absolute Gasteiger partial charge is 0.369 e. The van der Waals surface area contributed by atoms with Crippen LogP contribution < -0.4 is 10.2 Å². The Morgan fingerprint density at radius 3 is 2.56 bits per heavy atom. The van der Waals surface area contributed by atoms with Gasteiger partial charge in [-0.05, 0) is 37.2 Å². The van der Waals surface area contributed by atoms with Crippen LogP contribution in [0.3, 0.4) is 0 Å². The summed E-state index contributed by atoms with van der Waals surface area (Å²) < 4.78 is 5.01. The van der Waals surface area contributed by atoms with Crippen molar-refractivity contribution in [2.75, 3.05) is 44.2 Å². The third-order valence-corrected chi connectivity index (χ3v) is 6.56. The van der Waals surface area contributed by atoms with E-state index in [0.717, 1.165) is 44.0 Å². The summed E-state index contributed by atoms with van der Waals surface area (Å²) in [5.41, 5.74) is 1.99. The highest BCUT2D eigenvalue weighted by Gasteiger charge is 2.17. The van der Waals surface area contributed by atoms with Gasteiger partial charge in [-0.2, -0.15) is 4.98 Å². The third-order valence-electron chi connectivity index (χ3n) is 5.49. The monoisotopic (exact) mass is 451 g/mol. The van der Waals surface area contributed by atoms with E-state index >= 15 is 0 Å². The first-order valence-corrected chi connectivity index (χ1v) is 12.0. The zero-order valence-corrected chi connectivity index (χ0v) is 19.2. The Kier molecular flexibility index (Phi) is 7.79. The van der Waals surface area contributed by atoms with Gasteiger partial charge < -0.3 is 14.7 Å². The molecule has 7 nitrogen and oxygen atoms in total. The molecule has 1 N–H and O–H groups in total. The van der Waals surface area contributed by atoms with Gasteiger partial charge in [-0.15, -0.1) is 11.8 Å². The molecule has 32 heavy (non-hydrogen) atoms. The molecule has 0 saturated carbocycles. The molecule has 1 saturated heterocycles. The van der Waals surface area contributed by atoms with Crippen molar-refractivity contribution in [1.82, 2.24) is 20.4 Å². The topological polar surface area (TPSA) is 74.5 Å². The Morgan fingerprint density at radius 1 is 1.06 bits per heavy atom. The van der Waals surface area contributed by atoms with Crippen LogP contribution in [0.1, 0.15) is 28.5 Å². The molecule has 0 bridgehead atoms. The molecule has 2 heterocycles. The average molecular weight is 452 g/mol. The minimum absolute atomic E-state index is 0.0358. The Bertz CT molecular complexity index is 1000. The molecule has 1 amide bonds. The van der Waals surface area contributed by atoms with E-state index in [9.17, 15) is 4.79 Å². The molecule has 0 spiro atoms. The Balaban J connectivity index is 1.19. The van der Waals surface area contributed by atoms with Crippen molar-refractivity contribution in [3.05, 3.63) is 71.9 Å². The van der Waals surface area contributed by atoms with Gasteiger partial charge in [0.05, 0.1) is 11.3 Å². The quantitative estimate of drug-likeness (QED) is 0.393. The SMILES string of the molecule is Cc1nc(CSc2ccccc2C(=O)NCCCN2CCN(c3ccccc3)CC2)no1. The van der Waals surface area contributed by atoms with Crippen LogP contribution in [0, 0.1) is 6.92 Å². The molecule has 1 aromatic heterocycles. The number of nitrogens with one attached hydrogen (secondary N) is 1. The number of para-hydroxylation sites is 1. The van der Waals surface area contributed by atoms with Crippen molar-refractivity contribution >= 4 is 23.4 Å². The lowest BCUT2D eigenvalue weighted by atomic mass is 10.2. The number of amides is 1. The molecule has 168 valence electrons. The van der Waals surface area contributed by atoms with Gasteiger partial charge in [0.2, 0.25) is 5.89 Å². The van der Waals surface area contributed by atoms with E-state index in [1.54, 1.807) is 18.7 Å². The molecule has 1 fully saturated rings. The number of carbonyl (C=O) groups is 1. The summed E-state index contributed by atoms with van der Waals surface area (Å²) in [5.74, 6) is 1.71. The fraction of sp³-hybridized carbons (Fsp3) is 0.375. The molecule has 2 aromatic carbocycles. The number of nitrogens with zero attached hydrogens (tertiary/aromatic N) is 4. The Morgan fingerprint density at radius 2 is 1.81 bits per heavy atom. The number of aryl methyl sites for hydroxylation is 1. The maximum absolute atomic E-state index is 12.7. The van der Waals surface area contributed by atoms with Crippen LogP contribution in [0.4, 0.5) is 5.69 Å². The molecular formula is C24H29N5O2S. The minimum atomic E-state index is -0.0358. The van der Waals surface area contributed by atoms with Crippen LogP contribution in [0.5, 0.6) is 0 Å². The lowest BCUT2D eigenvalue weighted by Crippen LogP contribution is -2.47. The average Bonchev–Trinajstić information content (AvgIpc) is 3.26. The highest BCUT2D eigenvalue weighted by Crippen LogP contribution is 2.25. The maximum Gasteiger partial charge on any atom is 0.252 e. The van der Waals surface area contributed by atoms with E-state index in [-0.39, 0.29) is 5.91 Å². The van der Waals surface area contributed by atoms with Crippen molar-refractivity contribution in [2.24, 2.45) is 0 Å². The standard InChI is InChI=1S/C24H29N5O2S/c1-19-26-23(27-31-19)18-32-22-11-6-5-10-21(22)24(30)25-12-7-13-28-14-16-29(17-15-28)20-8-3-2-4-9-20/h2-6,8-11H,7,12-18H2,1H3,(H,25,30). The second-order valence-corrected chi connectivity index (χ2v) is 8.81. The number of thioether (sulfide) groups is 1. The Hall–Kier alpha value is -2.84. The van der Waals surface area contributed by atoms with Gasteiger partial charge in [-0.1, -0.05) is 35.5 Å². The van der Waals surface area contributed by atoms with Crippen LogP contribution >= 0.6 is 11.8 Å². The van der Waals surface area contributed by atoms with E-state index in [0.29, 0.717) is 29.6 Å². The van der Waals surface area contributed by atoms with E-state index in [1.807, 2.05) is 24.3 Å². The Labute approximate surface area is 193 Å². The van der Waals surface area contributed by atoms with Crippen molar-refractivity contribution in [1.29, 1.82) is 0 Å². The number of anilines is 1. The molecule has 4 rings (SSSR count). The second kappa shape index (κ2) is 11.2. The molecule has 1 aliphatic heterocycles. The number of rotatable bonds is 9. The lowest BCUT2D eigenvalue weighted by Gasteiger charge is -2.36. The summed E-state index contributed by atoms with van der Waals surface area (Å²) in [6.45, 7) is 7.63. The highest BCUT2D eigenvalue weighted by molar-refractivity contribution is 7.98. The maximum atomic E-state index is 12.7. The van der Waals surface area contributed by atoms with Gasteiger partial charge in [0, 0.05) is 50.2 Å². The number of hydrogen-bond donors (Lipinski definition) is 1. The normalized spacial score (nSPS) is 14.5. The smallest absolute Gasteiger partial charge is 0.252 e. The summed E-state index contributed by atoms with van der Waals surface area (Å²) in [5, 5.41) is 6.99. The van der Waals surface area contributed by atoms with Crippen LogP contribution in [0.25, 0.3) is 0 Å². The molecule has 0 radical (unpaired) electrons. The van der Waals surface area contributed by atoms with Gasteiger partial charge in [0.15, 0.2) is 5.82 Å². The van der Waals surface area contributed by atoms with Crippen molar-refractivity contribution in [3.63, 3.8) is 0 Å². The first kappa shape index (κ1) is 22.4. The van der Waals surface area contributed by atoms with Crippen molar-refractivity contribution in [3.8, 4) is 0 Å². The van der Waals surface area contributed by atoms with E-state index < -0.39 is 0 Å². The molecule has 0 unspecified atom stereocenters. The molecule has 8 heteroatoms. The summed E-state index contributed by atoms with van der Waals surface area (Å²) in [6, 6.07) is 18.2. The predicted octanol–water partition coefficient (Wildman–Crippen LogP) is 3.61. The molecule has 1 aliphatic rings. The molecule has 0 aliphatic carbocycles. The van der Waals surface area contributed by atoms with Gasteiger partial charge >= 0.3 is 0 Å². The molecule has 3 aromatic rings. The van der Waals surface area contributed by atoms with Crippen molar-refractivity contribution < 1.29 is 9.32 Å². The first-order chi connectivity index (χ1) is 15.7. The van der Waals surface area contributed by atoms with E-state index in [4.69, 9.17) is 4.52 Å². The summed E-state index contributed by atoms with van der Waals surface area (Å²) >= 11 is 1.54. The number of piperazine rings is 1. The molecule has 0 atom stereocenters. The number of aromatic nitrogens is 2. The lowest BCUT2D eigenvalue weighted by molar-refractivity contribution is 0.0948. The second-order valence-electron chi connectivity index (χ2n) is 7.79. The predicted molar refractivity (Wildman–Crippen MR) is 127 cm³/mol. The fourth-order valence-electron chi connectivity index (χ4n) is 3.79. The van der Waals surface area contributed by atoms with Crippen LogP contribution in [0.2, 0.25) is 0 Å². The molecular weight excluding hydrogens is 422 g/mol. The van der Waals surface area contributed by atoms with Gasteiger partial charge in [0.25, 0.3) is 5.91 Å². The van der Waals surface area contributed by atoms with Gasteiger partial charge in [0.1, 0.15) is 0 Å². The summed E-state index contributed by atoms with van der Waals surface area (Å²) in [7, 11) is 0. The van der Waals surface area contributed by atoms with Crippen LogP contribution in [-0.2, 0) is 5.75 Å². The summed E-state index contributed by atoms with van der Waals surface area (Å²) in [6.07, 6.45) is 0.939. The number of carbonyl (C=O) groups excluding carboxylic acids is 1. The van der Waals surface area contributed by atoms with Crippen molar-refractivity contribution in [2.45, 2.75) is 24.0 Å². The first-order valence-electron chi connectivity index (χ1n) is 11.0. The zero-order chi connectivity index (χ0) is 22.2.